The van der Waals surface area contributed by atoms with Gasteiger partial charge in [-0.15, -0.1) is 0 Å². The van der Waals surface area contributed by atoms with E-state index in [2.05, 4.69) is 15.3 Å². The summed E-state index contributed by atoms with van der Waals surface area (Å²) < 4.78 is 6.01. The molecule has 1 saturated carbocycles. The van der Waals surface area contributed by atoms with Gasteiger partial charge in [0.25, 0.3) is 5.91 Å². The molecule has 3 fully saturated rings. The average Bonchev–Trinajstić information content (AvgIpc) is 3.40. The lowest BCUT2D eigenvalue weighted by Gasteiger charge is -2.52. The highest BCUT2D eigenvalue weighted by atomic mass is 16.5. The molecule has 2 amide bonds. The van der Waals surface area contributed by atoms with Gasteiger partial charge in [-0.25, -0.2) is 4.98 Å². The van der Waals surface area contributed by atoms with E-state index in [-0.39, 0.29) is 30.1 Å². The van der Waals surface area contributed by atoms with Gasteiger partial charge in [-0.2, -0.15) is 0 Å². The molecule has 0 bridgehead atoms. The third-order valence-electron chi connectivity index (χ3n) is 4.85. The highest BCUT2D eigenvalue weighted by Crippen LogP contribution is 2.38. The van der Waals surface area contributed by atoms with E-state index in [1.54, 1.807) is 0 Å². The molecule has 1 aromatic heterocycles. The largest absolute Gasteiger partial charge is 0.369 e. The summed E-state index contributed by atoms with van der Waals surface area (Å²) in [5, 5.41) is 2.84. The predicted molar refractivity (Wildman–Crippen MR) is 80.5 cm³/mol. The number of amides is 2. The standard InChI is InChI=1S/C16H20N4O3/c21-15(12-8-17-5-6-18-12)19-7-11-3-4-13-14(23-11)9-20(13)16(22)10-1-2-10/h5-6,8,10-11,13-14H,1-4,7,9H2,(H,19,21)/t11-,13-,14-/m1/s1. The number of ether oxygens (including phenoxy) is 1. The van der Waals surface area contributed by atoms with Crippen LogP contribution in [0.25, 0.3) is 0 Å². The topological polar surface area (TPSA) is 84.4 Å². The smallest absolute Gasteiger partial charge is 0.271 e. The highest BCUT2D eigenvalue weighted by Gasteiger charge is 2.49. The summed E-state index contributed by atoms with van der Waals surface area (Å²) in [6.45, 7) is 1.17. The fourth-order valence-electron chi connectivity index (χ4n) is 3.34. The van der Waals surface area contributed by atoms with E-state index in [0.717, 1.165) is 25.7 Å². The van der Waals surface area contributed by atoms with Crippen molar-refractivity contribution in [2.24, 2.45) is 5.92 Å². The van der Waals surface area contributed by atoms with Gasteiger partial charge in [0.1, 0.15) is 5.69 Å². The normalized spacial score (nSPS) is 29.4. The summed E-state index contributed by atoms with van der Waals surface area (Å²) in [7, 11) is 0. The minimum absolute atomic E-state index is 0.00930. The van der Waals surface area contributed by atoms with Crippen LogP contribution >= 0.6 is 0 Å². The van der Waals surface area contributed by atoms with Crippen LogP contribution in [-0.2, 0) is 9.53 Å². The van der Waals surface area contributed by atoms with E-state index in [9.17, 15) is 9.59 Å². The maximum atomic E-state index is 12.1. The second-order valence-corrected chi connectivity index (χ2v) is 6.51. The fraction of sp³-hybridized carbons (Fsp3) is 0.625. The van der Waals surface area contributed by atoms with Crippen molar-refractivity contribution < 1.29 is 14.3 Å². The minimum Gasteiger partial charge on any atom is -0.369 e. The van der Waals surface area contributed by atoms with Crippen LogP contribution < -0.4 is 5.32 Å². The Bertz CT molecular complexity index is 605. The Morgan fingerprint density at radius 1 is 1.26 bits per heavy atom. The molecule has 23 heavy (non-hydrogen) atoms. The molecule has 2 saturated heterocycles. The van der Waals surface area contributed by atoms with Crippen molar-refractivity contribution in [1.82, 2.24) is 20.2 Å². The summed E-state index contributed by atoms with van der Waals surface area (Å²) in [6, 6.07) is 0.245. The molecule has 0 aromatic carbocycles. The van der Waals surface area contributed by atoms with E-state index in [0.29, 0.717) is 24.7 Å². The van der Waals surface area contributed by atoms with Gasteiger partial charge in [0.2, 0.25) is 5.91 Å². The quantitative estimate of drug-likeness (QED) is 0.868. The molecule has 0 spiro atoms. The zero-order valence-electron chi connectivity index (χ0n) is 12.9. The van der Waals surface area contributed by atoms with E-state index >= 15 is 0 Å². The maximum Gasteiger partial charge on any atom is 0.271 e. The molecular weight excluding hydrogens is 296 g/mol. The predicted octanol–water partition coefficient (Wildman–Crippen LogP) is 0.375. The third-order valence-corrected chi connectivity index (χ3v) is 4.85. The molecule has 1 aliphatic carbocycles. The Kier molecular flexibility index (Phi) is 3.72. The Morgan fingerprint density at radius 3 is 2.83 bits per heavy atom. The number of nitrogens with one attached hydrogen (secondary N) is 1. The number of hydrogen-bond donors (Lipinski definition) is 1. The van der Waals surface area contributed by atoms with Gasteiger partial charge >= 0.3 is 0 Å². The second-order valence-electron chi connectivity index (χ2n) is 6.51. The summed E-state index contributed by atoms with van der Waals surface area (Å²) in [5.74, 6) is 0.354. The number of aromatic nitrogens is 2. The minimum atomic E-state index is -0.233. The first-order valence-corrected chi connectivity index (χ1v) is 8.22. The van der Waals surface area contributed by atoms with Gasteiger partial charge in [-0.05, 0) is 25.7 Å². The highest BCUT2D eigenvalue weighted by molar-refractivity contribution is 5.91. The molecule has 7 nitrogen and oxygen atoms in total. The lowest BCUT2D eigenvalue weighted by molar-refractivity contribution is -0.182. The number of likely N-dealkylation sites (tertiary alicyclic amines) is 1. The van der Waals surface area contributed by atoms with Gasteiger partial charge in [0, 0.05) is 31.4 Å². The molecule has 7 heteroatoms. The molecule has 3 atom stereocenters. The van der Waals surface area contributed by atoms with E-state index in [4.69, 9.17) is 4.74 Å². The number of nitrogens with zero attached hydrogens (tertiary/aromatic N) is 3. The second kappa shape index (κ2) is 5.88. The van der Waals surface area contributed by atoms with Gasteiger partial charge in [-0.1, -0.05) is 0 Å². The van der Waals surface area contributed by atoms with Gasteiger partial charge < -0.3 is 15.0 Å². The van der Waals surface area contributed by atoms with Crippen molar-refractivity contribution >= 4 is 11.8 Å². The Hall–Kier alpha value is -2.02. The molecular formula is C16H20N4O3. The number of fused-ring (bicyclic) bond motifs is 1. The molecule has 0 unspecified atom stereocenters. The lowest BCUT2D eigenvalue weighted by atomic mass is 9.89. The monoisotopic (exact) mass is 316 g/mol. The van der Waals surface area contributed by atoms with Crippen molar-refractivity contribution in [3.8, 4) is 0 Å². The zero-order valence-corrected chi connectivity index (χ0v) is 12.9. The number of rotatable bonds is 4. The Morgan fingerprint density at radius 2 is 2.13 bits per heavy atom. The number of carbonyl (C=O) groups is 2. The van der Waals surface area contributed by atoms with Gasteiger partial charge in [0.15, 0.2) is 0 Å². The van der Waals surface area contributed by atoms with Gasteiger partial charge in [-0.3, -0.25) is 14.6 Å². The number of hydrogen-bond acceptors (Lipinski definition) is 5. The van der Waals surface area contributed by atoms with Crippen LogP contribution in [-0.4, -0.2) is 58.0 Å². The van der Waals surface area contributed by atoms with E-state index < -0.39 is 0 Å². The van der Waals surface area contributed by atoms with Crippen LogP contribution in [0.4, 0.5) is 0 Å². The third kappa shape index (κ3) is 2.93. The van der Waals surface area contributed by atoms with Crippen LogP contribution in [0.5, 0.6) is 0 Å². The lowest BCUT2D eigenvalue weighted by Crippen LogP contribution is -2.66. The molecule has 0 radical (unpaired) electrons. The summed E-state index contributed by atoms with van der Waals surface area (Å²) in [4.78, 5) is 33.9. The zero-order chi connectivity index (χ0) is 15.8. The van der Waals surface area contributed by atoms with Crippen molar-refractivity contribution in [2.75, 3.05) is 13.1 Å². The molecule has 1 aromatic rings. The van der Waals surface area contributed by atoms with Crippen molar-refractivity contribution in [1.29, 1.82) is 0 Å². The average molecular weight is 316 g/mol. The summed E-state index contributed by atoms with van der Waals surface area (Å²) >= 11 is 0. The first-order chi connectivity index (χ1) is 11.2. The van der Waals surface area contributed by atoms with Crippen LogP contribution in [0.15, 0.2) is 18.6 Å². The first kappa shape index (κ1) is 14.6. The molecule has 4 rings (SSSR count). The van der Waals surface area contributed by atoms with Crippen LogP contribution in [0.1, 0.15) is 36.2 Å². The fourth-order valence-corrected chi connectivity index (χ4v) is 3.34. The maximum absolute atomic E-state index is 12.1. The SMILES string of the molecule is O=C(NC[C@H]1CC[C@@H]2[C@@H](CN2C(=O)C2CC2)O1)c1cnccn1. The van der Waals surface area contributed by atoms with Crippen LogP contribution in [0, 0.1) is 5.92 Å². The molecule has 2 aliphatic heterocycles. The van der Waals surface area contributed by atoms with E-state index in [1.165, 1.54) is 18.6 Å². The molecule has 122 valence electrons. The Labute approximate surface area is 134 Å². The van der Waals surface area contributed by atoms with E-state index in [1.807, 2.05) is 4.90 Å². The van der Waals surface area contributed by atoms with Crippen molar-refractivity contribution in [3.63, 3.8) is 0 Å². The molecule has 1 N–H and O–H groups in total. The summed E-state index contributed by atoms with van der Waals surface area (Å²) in [5.41, 5.74) is 0.311. The first-order valence-electron chi connectivity index (χ1n) is 8.22. The number of carbonyl (C=O) groups excluding carboxylic acids is 2. The summed E-state index contributed by atoms with van der Waals surface area (Å²) in [6.07, 6.45) is 8.52. The van der Waals surface area contributed by atoms with Crippen molar-refractivity contribution in [2.45, 2.75) is 43.9 Å². The molecule has 3 heterocycles. The van der Waals surface area contributed by atoms with Crippen LogP contribution in [0.2, 0.25) is 0 Å². The van der Waals surface area contributed by atoms with Gasteiger partial charge in [0.05, 0.1) is 24.4 Å². The Balaban J connectivity index is 1.24. The van der Waals surface area contributed by atoms with Crippen molar-refractivity contribution in [3.05, 3.63) is 24.3 Å². The molecule has 3 aliphatic rings. The van der Waals surface area contributed by atoms with Crippen LogP contribution in [0.3, 0.4) is 0 Å².